The second-order valence-corrected chi connectivity index (χ2v) is 8.73. The number of hydrogen-bond acceptors (Lipinski definition) is 4. The van der Waals surface area contributed by atoms with Gasteiger partial charge in [-0.3, -0.25) is 4.79 Å². The smallest absolute Gasteiger partial charge is 0.243 e. The molecule has 2 aromatic carbocycles. The third kappa shape index (κ3) is 3.06. The Bertz CT molecular complexity index is 969. The van der Waals surface area contributed by atoms with E-state index >= 15 is 0 Å². The predicted octanol–water partition coefficient (Wildman–Crippen LogP) is 2.35. The van der Waals surface area contributed by atoms with E-state index in [1.807, 2.05) is 24.3 Å². The van der Waals surface area contributed by atoms with Gasteiger partial charge in [0.1, 0.15) is 0 Å². The van der Waals surface area contributed by atoms with Crippen LogP contribution in [0.25, 0.3) is 0 Å². The third-order valence-corrected chi connectivity index (χ3v) is 6.99. The standard InChI is InChI=1S/C18H18ClN3O3S/c19-15-3-1-2-4-17(15)21-7-9-22(10-8-21)26(24,25)14-5-6-16-13(11-14)12-18(23)20-16/h1-6,11H,7-10,12H2,(H,20,23). The molecule has 1 amide bonds. The number of benzene rings is 2. The number of carbonyl (C=O) groups is 1. The zero-order chi connectivity index (χ0) is 18.3. The second-order valence-electron chi connectivity index (χ2n) is 6.39. The highest BCUT2D eigenvalue weighted by molar-refractivity contribution is 7.89. The van der Waals surface area contributed by atoms with Gasteiger partial charge in [-0.1, -0.05) is 23.7 Å². The van der Waals surface area contributed by atoms with Gasteiger partial charge in [0.25, 0.3) is 0 Å². The van der Waals surface area contributed by atoms with Gasteiger partial charge in [-0.05, 0) is 35.9 Å². The molecule has 8 heteroatoms. The first-order valence-corrected chi connectivity index (χ1v) is 10.2. The number of piperazine rings is 1. The summed E-state index contributed by atoms with van der Waals surface area (Å²) in [6.07, 6.45) is 0.221. The molecule has 0 aliphatic carbocycles. The molecule has 2 aliphatic heterocycles. The lowest BCUT2D eigenvalue weighted by atomic mass is 10.2. The van der Waals surface area contributed by atoms with Crippen molar-refractivity contribution < 1.29 is 13.2 Å². The fraction of sp³-hybridized carbons (Fsp3) is 0.278. The highest BCUT2D eigenvalue weighted by atomic mass is 35.5. The van der Waals surface area contributed by atoms with Crippen molar-refractivity contribution >= 4 is 38.9 Å². The Hall–Kier alpha value is -2.09. The molecule has 0 saturated carbocycles. The first kappa shape index (κ1) is 17.3. The number of rotatable bonds is 3. The first-order chi connectivity index (χ1) is 12.4. The van der Waals surface area contributed by atoms with E-state index in [1.54, 1.807) is 18.2 Å². The highest BCUT2D eigenvalue weighted by Crippen LogP contribution is 2.29. The number of halogens is 1. The molecule has 136 valence electrons. The maximum atomic E-state index is 13.0. The average molecular weight is 392 g/mol. The fourth-order valence-electron chi connectivity index (χ4n) is 3.39. The van der Waals surface area contributed by atoms with Crippen molar-refractivity contribution in [1.29, 1.82) is 0 Å². The van der Waals surface area contributed by atoms with Crippen LogP contribution in [0.3, 0.4) is 0 Å². The zero-order valence-corrected chi connectivity index (χ0v) is 15.6. The van der Waals surface area contributed by atoms with Gasteiger partial charge in [0, 0.05) is 31.9 Å². The second kappa shape index (κ2) is 6.57. The zero-order valence-electron chi connectivity index (χ0n) is 14.0. The minimum Gasteiger partial charge on any atom is -0.368 e. The molecule has 0 aromatic heterocycles. The van der Waals surface area contributed by atoms with Gasteiger partial charge in [0.2, 0.25) is 15.9 Å². The van der Waals surface area contributed by atoms with Crippen LogP contribution in [0, 0.1) is 0 Å². The molecule has 1 fully saturated rings. The molecule has 0 atom stereocenters. The van der Waals surface area contributed by atoms with Crippen LogP contribution in [0.15, 0.2) is 47.4 Å². The summed E-state index contributed by atoms with van der Waals surface area (Å²) < 4.78 is 27.4. The molecular formula is C18H18ClN3O3S. The summed E-state index contributed by atoms with van der Waals surface area (Å²) in [4.78, 5) is 13.8. The molecule has 1 saturated heterocycles. The van der Waals surface area contributed by atoms with Gasteiger partial charge in [-0.25, -0.2) is 8.42 Å². The highest BCUT2D eigenvalue weighted by Gasteiger charge is 2.30. The van der Waals surface area contributed by atoms with Crippen molar-refractivity contribution in [3.8, 4) is 0 Å². The molecule has 2 heterocycles. The van der Waals surface area contributed by atoms with Crippen LogP contribution in [0.4, 0.5) is 11.4 Å². The van der Waals surface area contributed by atoms with Crippen molar-refractivity contribution in [2.24, 2.45) is 0 Å². The van der Waals surface area contributed by atoms with Crippen LogP contribution in [0.2, 0.25) is 5.02 Å². The number of fused-ring (bicyclic) bond motifs is 1. The maximum absolute atomic E-state index is 13.0. The van der Waals surface area contributed by atoms with Crippen molar-refractivity contribution in [2.75, 3.05) is 36.4 Å². The molecule has 2 aromatic rings. The third-order valence-electron chi connectivity index (χ3n) is 4.77. The summed E-state index contributed by atoms with van der Waals surface area (Å²) in [5, 5.41) is 3.38. The summed E-state index contributed by atoms with van der Waals surface area (Å²) in [6, 6.07) is 12.4. The quantitative estimate of drug-likeness (QED) is 0.871. The van der Waals surface area contributed by atoms with Crippen LogP contribution in [-0.4, -0.2) is 44.8 Å². The van der Waals surface area contributed by atoms with Crippen LogP contribution in [-0.2, 0) is 21.2 Å². The Balaban J connectivity index is 1.51. The van der Waals surface area contributed by atoms with Crippen molar-refractivity contribution in [3.63, 3.8) is 0 Å². The number of amides is 1. The van der Waals surface area contributed by atoms with E-state index in [1.165, 1.54) is 4.31 Å². The van der Waals surface area contributed by atoms with Crippen LogP contribution < -0.4 is 10.2 Å². The lowest BCUT2D eigenvalue weighted by molar-refractivity contribution is -0.115. The fourth-order valence-corrected chi connectivity index (χ4v) is 5.12. The minimum absolute atomic E-state index is 0.108. The van der Waals surface area contributed by atoms with E-state index in [9.17, 15) is 13.2 Å². The van der Waals surface area contributed by atoms with Gasteiger partial charge in [0.15, 0.2) is 0 Å². The van der Waals surface area contributed by atoms with E-state index < -0.39 is 10.0 Å². The van der Waals surface area contributed by atoms with Gasteiger partial charge in [0.05, 0.1) is 22.0 Å². The summed E-state index contributed by atoms with van der Waals surface area (Å²) in [5.41, 5.74) is 2.34. The van der Waals surface area contributed by atoms with Crippen LogP contribution >= 0.6 is 11.6 Å². The lowest BCUT2D eigenvalue weighted by Crippen LogP contribution is -2.48. The number of nitrogens with one attached hydrogen (secondary N) is 1. The molecule has 0 radical (unpaired) electrons. The topological polar surface area (TPSA) is 69.7 Å². The van der Waals surface area contributed by atoms with E-state index in [4.69, 9.17) is 11.6 Å². The largest absolute Gasteiger partial charge is 0.368 e. The van der Waals surface area contributed by atoms with Crippen LogP contribution in [0.1, 0.15) is 5.56 Å². The summed E-state index contributed by atoms with van der Waals surface area (Å²) in [7, 11) is -3.58. The van der Waals surface area contributed by atoms with Crippen molar-refractivity contribution in [3.05, 3.63) is 53.1 Å². The number of sulfonamides is 1. The Morgan fingerprint density at radius 1 is 1.00 bits per heavy atom. The molecule has 0 bridgehead atoms. The molecule has 1 N–H and O–H groups in total. The predicted molar refractivity (Wildman–Crippen MR) is 101 cm³/mol. The van der Waals surface area contributed by atoms with Gasteiger partial charge >= 0.3 is 0 Å². The van der Waals surface area contributed by atoms with Gasteiger partial charge in [-0.15, -0.1) is 0 Å². The monoisotopic (exact) mass is 391 g/mol. The molecule has 0 unspecified atom stereocenters. The molecule has 26 heavy (non-hydrogen) atoms. The Kier molecular flexibility index (Phi) is 4.38. The van der Waals surface area contributed by atoms with Gasteiger partial charge in [-0.2, -0.15) is 4.31 Å². The van der Waals surface area contributed by atoms with Crippen LogP contribution in [0.5, 0.6) is 0 Å². The average Bonchev–Trinajstić information content (AvgIpc) is 3.01. The van der Waals surface area contributed by atoms with Crippen molar-refractivity contribution in [2.45, 2.75) is 11.3 Å². The SMILES string of the molecule is O=C1Cc2cc(S(=O)(=O)N3CCN(c4ccccc4Cl)CC3)ccc2N1. The van der Waals surface area contributed by atoms with E-state index in [-0.39, 0.29) is 17.2 Å². The number of nitrogens with zero attached hydrogens (tertiary/aromatic N) is 2. The molecule has 0 spiro atoms. The number of anilines is 2. The molecule has 2 aliphatic rings. The summed E-state index contributed by atoms with van der Waals surface area (Å²) in [5.74, 6) is -0.108. The number of carbonyl (C=O) groups excluding carboxylic acids is 1. The Morgan fingerprint density at radius 2 is 1.73 bits per heavy atom. The maximum Gasteiger partial charge on any atom is 0.243 e. The van der Waals surface area contributed by atoms with E-state index in [0.29, 0.717) is 36.9 Å². The van der Waals surface area contributed by atoms with Gasteiger partial charge < -0.3 is 10.2 Å². The Labute approximate surface area is 157 Å². The van der Waals surface area contributed by atoms with Crippen molar-refractivity contribution in [1.82, 2.24) is 4.31 Å². The van der Waals surface area contributed by atoms with E-state index in [2.05, 4.69) is 10.2 Å². The van der Waals surface area contributed by atoms with E-state index in [0.717, 1.165) is 11.3 Å². The Morgan fingerprint density at radius 3 is 2.46 bits per heavy atom. The lowest BCUT2D eigenvalue weighted by Gasteiger charge is -2.35. The normalized spacial score (nSPS) is 17.9. The number of para-hydroxylation sites is 1. The molecule has 4 rings (SSSR count). The molecular weight excluding hydrogens is 374 g/mol. The summed E-state index contributed by atoms with van der Waals surface area (Å²) in [6.45, 7) is 1.94. The minimum atomic E-state index is -3.58. The number of hydrogen-bond donors (Lipinski definition) is 1. The first-order valence-electron chi connectivity index (χ1n) is 8.37. The summed E-state index contributed by atoms with van der Waals surface area (Å²) >= 11 is 6.24. The molecule has 6 nitrogen and oxygen atoms in total.